The minimum absolute atomic E-state index is 0.420. The van der Waals surface area contributed by atoms with E-state index in [0.717, 1.165) is 11.3 Å². The minimum atomic E-state index is -0.653. The third kappa shape index (κ3) is 2.84. The van der Waals surface area contributed by atoms with Crippen LogP contribution in [0.5, 0.6) is 11.5 Å². The Morgan fingerprint density at radius 1 is 1.17 bits per heavy atom. The second-order valence-electron chi connectivity index (χ2n) is 3.95. The van der Waals surface area contributed by atoms with Gasteiger partial charge in [0, 0.05) is 12.5 Å². The van der Waals surface area contributed by atoms with Crippen molar-refractivity contribution in [1.82, 2.24) is 0 Å². The van der Waals surface area contributed by atoms with Gasteiger partial charge in [-0.15, -0.1) is 0 Å². The van der Waals surface area contributed by atoms with Crippen LogP contribution < -0.4 is 9.47 Å². The number of aliphatic hydroxyl groups excluding tert-OH is 1. The first-order valence-corrected chi connectivity index (χ1v) is 5.66. The van der Waals surface area contributed by atoms with E-state index in [-0.39, 0.29) is 0 Å². The summed E-state index contributed by atoms with van der Waals surface area (Å²) in [5.41, 5.74) is 0.739. The van der Waals surface area contributed by atoms with Gasteiger partial charge in [0.25, 0.3) is 0 Å². The number of rotatable bonds is 5. The van der Waals surface area contributed by atoms with Gasteiger partial charge in [-0.05, 0) is 29.8 Å². The average Bonchev–Trinajstić information content (AvgIpc) is 2.90. The summed E-state index contributed by atoms with van der Waals surface area (Å²) in [7, 11) is 3.16. The second-order valence-corrected chi connectivity index (χ2v) is 3.95. The van der Waals surface area contributed by atoms with Gasteiger partial charge in [0.05, 0.1) is 26.6 Å². The quantitative estimate of drug-likeness (QED) is 0.883. The predicted octanol–water partition coefficient (Wildman–Crippen LogP) is 2.57. The van der Waals surface area contributed by atoms with Crippen LogP contribution in [0.15, 0.2) is 41.0 Å². The van der Waals surface area contributed by atoms with E-state index in [1.54, 1.807) is 44.7 Å². The van der Waals surface area contributed by atoms with Crippen molar-refractivity contribution in [3.8, 4) is 11.5 Å². The highest BCUT2D eigenvalue weighted by molar-refractivity contribution is 5.39. The number of furan rings is 1. The highest BCUT2D eigenvalue weighted by atomic mass is 16.5. The lowest BCUT2D eigenvalue weighted by molar-refractivity contribution is 0.169. The zero-order valence-corrected chi connectivity index (χ0v) is 10.4. The second kappa shape index (κ2) is 5.60. The Hall–Kier alpha value is -1.94. The van der Waals surface area contributed by atoms with Crippen molar-refractivity contribution in [2.45, 2.75) is 12.5 Å². The van der Waals surface area contributed by atoms with Crippen molar-refractivity contribution in [2.24, 2.45) is 0 Å². The maximum atomic E-state index is 10.2. The number of methoxy groups -OCH3 is 2. The molecule has 4 heteroatoms. The van der Waals surface area contributed by atoms with Crippen LogP contribution >= 0.6 is 0 Å². The van der Waals surface area contributed by atoms with Crippen LogP contribution in [0, 0.1) is 0 Å². The Kier molecular flexibility index (Phi) is 3.89. The molecule has 2 rings (SSSR count). The van der Waals surface area contributed by atoms with Crippen LogP contribution in [0.25, 0.3) is 0 Å². The molecular weight excluding hydrogens is 232 g/mol. The molecule has 0 spiro atoms. The van der Waals surface area contributed by atoms with Gasteiger partial charge in [0.15, 0.2) is 0 Å². The molecule has 2 aromatic rings. The average molecular weight is 248 g/mol. The van der Waals surface area contributed by atoms with E-state index in [4.69, 9.17) is 13.9 Å². The van der Waals surface area contributed by atoms with Gasteiger partial charge >= 0.3 is 0 Å². The van der Waals surface area contributed by atoms with Crippen molar-refractivity contribution in [3.63, 3.8) is 0 Å². The maximum absolute atomic E-state index is 10.2. The first kappa shape index (κ1) is 12.5. The summed E-state index contributed by atoms with van der Waals surface area (Å²) in [6.45, 7) is 0. The number of hydrogen-bond acceptors (Lipinski definition) is 4. The molecule has 1 aromatic carbocycles. The molecule has 1 aromatic heterocycles. The summed E-state index contributed by atoms with van der Waals surface area (Å²) in [6, 6.07) is 8.98. The molecule has 1 atom stereocenters. The Morgan fingerprint density at radius 3 is 2.33 bits per heavy atom. The number of hydrogen-bond donors (Lipinski definition) is 1. The first-order chi connectivity index (χ1) is 8.72. The van der Waals surface area contributed by atoms with E-state index < -0.39 is 6.10 Å². The zero-order valence-electron chi connectivity index (χ0n) is 10.4. The van der Waals surface area contributed by atoms with E-state index in [2.05, 4.69) is 0 Å². The molecule has 0 saturated heterocycles. The van der Waals surface area contributed by atoms with Crippen LogP contribution in [-0.2, 0) is 6.42 Å². The molecule has 0 amide bonds. The van der Waals surface area contributed by atoms with Gasteiger partial charge < -0.3 is 19.0 Å². The predicted molar refractivity (Wildman–Crippen MR) is 66.9 cm³/mol. The van der Waals surface area contributed by atoms with Gasteiger partial charge in [-0.2, -0.15) is 0 Å². The van der Waals surface area contributed by atoms with E-state index in [9.17, 15) is 5.11 Å². The SMILES string of the molecule is COc1cc(OC)cc(C(O)Cc2ccco2)c1. The molecule has 1 heterocycles. The summed E-state index contributed by atoms with van der Waals surface area (Å²) < 4.78 is 15.6. The smallest absolute Gasteiger partial charge is 0.122 e. The van der Waals surface area contributed by atoms with Crippen LogP contribution in [0.1, 0.15) is 17.4 Å². The van der Waals surface area contributed by atoms with Crippen LogP contribution in [-0.4, -0.2) is 19.3 Å². The van der Waals surface area contributed by atoms with Crippen molar-refractivity contribution in [2.75, 3.05) is 14.2 Å². The Bertz CT molecular complexity index is 468. The molecular formula is C14H16O4. The molecule has 0 saturated carbocycles. The standard InChI is InChI=1S/C14H16O4/c1-16-12-6-10(7-13(8-12)17-2)14(15)9-11-4-3-5-18-11/h3-8,14-15H,9H2,1-2H3. The van der Waals surface area contributed by atoms with Crippen molar-refractivity contribution >= 4 is 0 Å². The van der Waals surface area contributed by atoms with E-state index in [0.29, 0.717) is 17.9 Å². The van der Waals surface area contributed by atoms with Crippen molar-refractivity contribution in [3.05, 3.63) is 47.9 Å². The zero-order chi connectivity index (χ0) is 13.0. The molecule has 0 aliphatic rings. The van der Waals surface area contributed by atoms with Crippen molar-refractivity contribution < 1.29 is 19.0 Å². The van der Waals surface area contributed by atoms with Gasteiger partial charge in [0.1, 0.15) is 17.3 Å². The molecule has 1 N–H and O–H groups in total. The maximum Gasteiger partial charge on any atom is 0.122 e. The highest BCUT2D eigenvalue weighted by Gasteiger charge is 2.13. The fraction of sp³-hybridized carbons (Fsp3) is 0.286. The Labute approximate surface area is 106 Å². The number of benzene rings is 1. The number of ether oxygens (including phenoxy) is 2. The Morgan fingerprint density at radius 2 is 1.83 bits per heavy atom. The van der Waals surface area contributed by atoms with Gasteiger partial charge in [-0.25, -0.2) is 0 Å². The highest BCUT2D eigenvalue weighted by Crippen LogP contribution is 2.28. The van der Waals surface area contributed by atoms with Gasteiger partial charge in [-0.3, -0.25) is 0 Å². The summed E-state index contributed by atoms with van der Waals surface area (Å²) >= 11 is 0. The lowest BCUT2D eigenvalue weighted by Crippen LogP contribution is -2.02. The molecule has 1 unspecified atom stereocenters. The summed E-state index contributed by atoms with van der Waals surface area (Å²) in [5, 5.41) is 10.2. The molecule has 0 fully saturated rings. The third-order valence-corrected chi connectivity index (χ3v) is 2.73. The van der Waals surface area contributed by atoms with Crippen molar-refractivity contribution in [1.29, 1.82) is 0 Å². The first-order valence-electron chi connectivity index (χ1n) is 5.66. The number of aliphatic hydroxyl groups is 1. The molecule has 96 valence electrons. The summed E-state index contributed by atoms with van der Waals surface area (Å²) in [5.74, 6) is 2.05. The molecule has 0 bridgehead atoms. The third-order valence-electron chi connectivity index (χ3n) is 2.73. The van der Waals surface area contributed by atoms with Crippen LogP contribution in [0.3, 0.4) is 0 Å². The molecule has 18 heavy (non-hydrogen) atoms. The monoisotopic (exact) mass is 248 g/mol. The lowest BCUT2D eigenvalue weighted by Gasteiger charge is -2.13. The largest absolute Gasteiger partial charge is 0.497 e. The fourth-order valence-electron chi connectivity index (χ4n) is 1.76. The summed E-state index contributed by atoms with van der Waals surface area (Å²) in [6.07, 6.45) is 1.36. The van der Waals surface area contributed by atoms with Gasteiger partial charge in [-0.1, -0.05) is 0 Å². The Balaban J connectivity index is 2.20. The van der Waals surface area contributed by atoms with E-state index in [1.807, 2.05) is 6.07 Å². The van der Waals surface area contributed by atoms with Crippen LogP contribution in [0.4, 0.5) is 0 Å². The normalized spacial score (nSPS) is 12.2. The molecule has 4 nitrogen and oxygen atoms in total. The lowest BCUT2D eigenvalue weighted by atomic mass is 10.0. The fourth-order valence-corrected chi connectivity index (χ4v) is 1.76. The summed E-state index contributed by atoms with van der Waals surface area (Å²) in [4.78, 5) is 0. The van der Waals surface area contributed by atoms with E-state index in [1.165, 1.54) is 0 Å². The molecule has 0 aliphatic carbocycles. The van der Waals surface area contributed by atoms with Crippen LogP contribution in [0.2, 0.25) is 0 Å². The van der Waals surface area contributed by atoms with Gasteiger partial charge in [0.2, 0.25) is 0 Å². The molecule has 0 radical (unpaired) electrons. The molecule has 0 aliphatic heterocycles. The minimum Gasteiger partial charge on any atom is -0.497 e. The van der Waals surface area contributed by atoms with E-state index >= 15 is 0 Å². The topological polar surface area (TPSA) is 51.8 Å².